The van der Waals surface area contributed by atoms with Crippen molar-refractivity contribution in [3.05, 3.63) is 27.7 Å². The topological polar surface area (TPSA) is 41.6 Å². The lowest BCUT2D eigenvalue weighted by molar-refractivity contribution is -0.141. The fraction of sp³-hybridized carbons (Fsp3) is 0.562. The van der Waals surface area contributed by atoms with E-state index in [1.165, 1.54) is 0 Å². The van der Waals surface area contributed by atoms with E-state index in [4.69, 9.17) is 27.9 Å². The second-order valence-corrected chi connectivity index (χ2v) is 6.51. The van der Waals surface area contributed by atoms with Gasteiger partial charge in [-0.2, -0.15) is 0 Å². The van der Waals surface area contributed by atoms with E-state index in [0.29, 0.717) is 22.6 Å². The molecule has 6 heteroatoms. The van der Waals surface area contributed by atoms with Gasteiger partial charge in [-0.05, 0) is 45.0 Å². The Morgan fingerprint density at radius 3 is 2.91 bits per heavy atom. The first-order valence-corrected chi connectivity index (χ1v) is 8.50. The number of carbonyl (C=O) groups excluding carboxylic acids is 1. The number of rotatable bonds is 3. The smallest absolute Gasteiger partial charge is 0.325 e. The molecule has 2 heterocycles. The molecule has 0 saturated carbocycles. The van der Waals surface area contributed by atoms with E-state index in [2.05, 4.69) is 10.2 Å². The second kappa shape index (κ2) is 6.65. The van der Waals surface area contributed by atoms with Crippen LogP contribution >= 0.6 is 23.2 Å². The van der Waals surface area contributed by atoms with Gasteiger partial charge in [0.05, 0.1) is 16.7 Å². The normalized spacial score (nSPS) is 23.7. The Hall–Kier alpha value is -0.970. The minimum Gasteiger partial charge on any atom is -0.465 e. The highest BCUT2D eigenvalue weighted by atomic mass is 35.5. The van der Waals surface area contributed by atoms with Crippen molar-refractivity contribution in [1.82, 2.24) is 5.32 Å². The average Bonchev–Trinajstić information content (AvgIpc) is 2.65. The Bertz CT molecular complexity index is 580. The van der Waals surface area contributed by atoms with Crippen LogP contribution in [0.1, 0.15) is 31.2 Å². The lowest BCUT2D eigenvalue weighted by Crippen LogP contribution is -2.39. The fourth-order valence-corrected chi connectivity index (χ4v) is 4.09. The van der Waals surface area contributed by atoms with Gasteiger partial charge < -0.3 is 15.0 Å². The van der Waals surface area contributed by atoms with Crippen LogP contribution in [-0.2, 0) is 9.53 Å². The minimum absolute atomic E-state index is 0.197. The van der Waals surface area contributed by atoms with E-state index in [9.17, 15) is 4.79 Å². The Kier molecular flexibility index (Phi) is 4.81. The van der Waals surface area contributed by atoms with Crippen LogP contribution in [0.3, 0.4) is 0 Å². The van der Waals surface area contributed by atoms with Crippen molar-refractivity contribution in [2.75, 3.05) is 31.1 Å². The molecule has 0 aliphatic carbocycles. The van der Waals surface area contributed by atoms with E-state index in [1.54, 1.807) is 0 Å². The van der Waals surface area contributed by atoms with Crippen molar-refractivity contribution < 1.29 is 9.53 Å². The maximum absolute atomic E-state index is 12.0. The first-order chi connectivity index (χ1) is 10.6. The van der Waals surface area contributed by atoms with E-state index in [1.807, 2.05) is 19.1 Å². The molecule has 0 bridgehead atoms. The zero-order chi connectivity index (χ0) is 15.7. The van der Waals surface area contributed by atoms with Crippen LogP contribution in [-0.4, -0.2) is 38.3 Å². The molecule has 0 radical (unpaired) electrons. The quantitative estimate of drug-likeness (QED) is 0.856. The molecule has 1 fully saturated rings. The molecule has 2 aliphatic heterocycles. The number of hydrogen-bond acceptors (Lipinski definition) is 4. The molecular formula is C16H20Cl2N2O2. The van der Waals surface area contributed by atoms with Crippen molar-refractivity contribution in [3.63, 3.8) is 0 Å². The van der Waals surface area contributed by atoms with Crippen molar-refractivity contribution in [2.24, 2.45) is 0 Å². The van der Waals surface area contributed by atoms with Gasteiger partial charge in [0.15, 0.2) is 0 Å². The van der Waals surface area contributed by atoms with Crippen LogP contribution in [0, 0.1) is 0 Å². The molecular weight excluding hydrogens is 323 g/mol. The van der Waals surface area contributed by atoms with Crippen molar-refractivity contribution in [1.29, 1.82) is 0 Å². The van der Waals surface area contributed by atoms with Gasteiger partial charge in [0.25, 0.3) is 0 Å². The maximum Gasteiger partial charge on any atom is 0.325 e. The van der Waals surface area contributed by atoms with Crippen LogP contribution in [0.2, 0.25) is 10.0 Å². The number of ether oxygens (including phenoxy) is 1. The second-order valence-electron chi connectivity index (χ2n) is 5.73. The summed E-state index contributed by atoms with van der Waals surface area (Å²) < 4.78 is 5.13. The predicted octanol–water partition coefficient (Wildman–Crippen LogP) is 3.21. The molecule has 1 saturated heterocycles. The Morgan fingerprint density at radius 2 is 2.14 bits per heavy atom. The van der Waals surface area contributed by atoms with Gasteiger partial charge in [0.2, 0.25) is 0 Å². The zero-order valence-corrected chi connectivity index (χ0v) is 14.1. The van der Waals surface area contributed by atoms with Crippen molar-refractivity contribution in [2.45, 2.75) is 31.7 Å². The minimum atomic E-state index is -0.197. The molecule has 0 unspecified atom stereocenters. The number of benzene rings is 1. The van der Waals surface area contributed by atoms with Gasteiger partial charge in [0.1, 0.15) is 6.54 Å². The SMILES string of the molecule is CCOC(=O)CN1c2ccc(Cl)c(Cl)c2[C@@H]2CCNCC[C@@H]21. The lowest BCUT2D eigenvalue weighted by Gasteiger charge is -2.28. The molecule has 4 nitrogen and oxygen atoms in total. The third-order valence-electron chi connectivity index (χ3n) is 4.51. The van der Waals surface area contributed by atoms with Crippen molar-refractivity contribution >= 4 is 34.9 Å². The molecule has 22 heavy (non-hydrogen) atoms. The molecule has 2 atom stereocenters. The number of nitrogens with zero attached hydrogens (tertiary/aromatic N) is 1. The highest BCUT2D eigenvalue weighted by Crippen LogP contribution is 2.49. The number of hydrogen-bond donors (Lipinski definition) is 1. The highest BCUT2D eigenvalue weighted by molar-refractivity contribution is 6.42. The molecule has 120 valence electrons. The summed E-state index contributed by atoms with van der Waals surface area (Å²) in [6, 6.07) is 4.06. The van der Waals surface area contributed by atoms with Crippen LogP contribution in [0.5, 0.6) is 0 Å². The molecule has 1 aromatic carbocycles. The Labute approximate surface area is 140 Å². The first kappa shape index (κ1) is 15.9. The number of nitrogens with one attached hydrogen (secondary N) is 1. The highest BCUT2D eigenvalue weighted by Gasteiger charge is 2.41. The summed E-state index contributed by atoms with van der Waals surface area (Å²) in [5.74, 6) is 0.114. The van der Waals surface area contributed by atoms with Crippen LogP contribution < -0.4 is 10.2 Å². The third-order valence-corrected chi connectivity index (χ3v) is 5.33. The molecule has 0 spiro atoms. The summed E-state index contributed by atoms with van der Waals surface area (Å²) in [6.45, 7) is 4.39. The Morgan fingerprint density at radius 1 is 1.36 bits per heavy atom. The largest absolute Gasteiger partial charge is 0.465 e. The van der Waals surface area contributed by atoms with Gasteiger partial charge in [-0.1, -0.05) is 23.2 Å². The van der Waals surface area contributed by atoms with E-state index in [-0.39, 0.29) is 18.6 Å². The number of anilines is 1. The predicted molar refractivity (Wildman–Crippen MR) is 89.1 cm³/mol. The van der Waals surface area contributed by atoms with Gasteiger partial charge in [-0.15, -0.1) is 0 Å². The van der Waals surface area contributed by atoms with Gasteiger partial charge in [0, 0.05) is 23.2 Å². The van der Waals surface area contributed by atoms with Crippen LogP contribution in [0.15, 0.2) is 12.1 Å². The maximum atomic E-state index is 12.0. The van der Waals surface area contributed by atoms with Crippen molar-refractivity contribution in [3.8, 4) is 0 Å². The fourth-order valence-electron chi connectivity index (χ4n) is 3.62. The number of halogens is 2. The summed E-state index contributed by atoms with van der Waals surface area (Å²) in [6.07, 6.45) is 1.98. The average molecular weight is 343 g/mol. The number of carbonyl (C=O) groups is 1. The Balaban J connectivity index is 1.98. The molecule has 0 amide bonds. The molecule has 0 aromatic heterocycles. The molecule has 1 N–H and O–H groups in total. The number of fused-ring (bicyclic) bond motifs is 3. The lowest BCUT2D eigenvalue weighted by atomic mass is 9.91. The summed E-state index contributed by atoms with van der Waals surface area (Å²) >= 11 is 12.7. The summed E-state index contributed by atoms with van der Waals surface area (Å²) in [5.41, 5.74) is 2.12. The summed E-state index contributed by atoms with van der Waals surface area (Å²) in [5, 5.41) is 4.63. The first-order valence-electron chi connectivity index (χ1n) is 7.74. The summed E-state index contributed by atoms with van der Waals surface area (Å²) in [4.78, 5) is 14.1. The third kappa shape index (κ3) is 2.80. The molecule has 2 aliphatic rings. The van der Waals surface area contributed by atoms with Crippen LogP contribution in [0.25, 0.3) is 0 Å². The van der Waals surface area contributed by atoms with E-state index < -0.39 is 0 Å². The van der Waals surface area contributed by atoms with Gasteiger partial charge >= 0.3 is 5.97 Å². The molecule has 3 rings (SSSR count). The van der Waals surface area contributed by atoms with E-state index in [0.717, 1.165) is 37.2 Å². The van der Waals surface area contributed by atoms with Gasteiger partial charge in [-0.3, -0.25) is 4.79 Å². The standard InChI is InChI=1S/C16H20Cl2N2O2/c1-2-22-14(21)9-20-12-6-8-19-7-5-10(12)15-13(20)4-3-11(17)16(15)18/h3-4,10,12,19H,2,5-9H2,1H3/t10-,12+/m1/s1. The van der Waals surface area contributed by atoms with Crippen LogP contribution in [0.4, 0.5) is 5.69 Å². The van der Waals surface area contributed by atoms with Gasteiger partial charge in [-0.25, -0.2) is 0 Å². The monoisotopic (exact) mass is 342 g/mol. The van der Waals surface area contributed by atoms with E-state index >= 15 is 0 Å². The number of esters is 1. The summed E-state index contributed by atoms with van der Waals surface area (Å²) in [7, 11) is 0. The molecule has 1 aromatic rings. The zero-order valence-electron chi connectivity index (χ0n) is 12.6.